The Morgan fingerprint density at radius 2 is 2.33 bits per heavy atom. The summed E-state index contributed by atoms with van der Waals surface area (Å²) in [7, 11) is 0. The largest absolute Gasteiger partial charge is 0.395 e. The Bertz CT molecular complexity index is 455. The average Bonchev–Trinajstić information content (AvgIpc) is 2.62. The van der Waals surface area contributed by atoms with Crippen molar-refractivity contribution in [2.45, 2.75) is 6.54 Å². The van der Waals surface area contributed by atoms with Crippen LogP contribution in [0.3, 0.4) is 0 Å². The van der Waals surface area contributed by atoms with Gasteiger partial charge in [0.05, 0.1) is 23.5 Å². The van der Waals surface area contributed by atoms with Crippen LogP contribution in [0.25, 0.3) is 5.65 Å². The van der Waals surface area contributed by atoms with Crippen molar-refractivity contribution in [2.24, 2.45) is 0 Å². The van der Waals surface area contributed by atoms with Gasteiger partial charge in [-0.15, -0.1) is 0 Å². The number of fused-ring (bicyclic) bond motifs is 1. The molecule has 80 valence electrons. The molecule has 2 rings (SSSR count). The first-order chi connectivity index (χ1) is 7.31. The third-order valence-electron chi connectivity index (χ3n) is 2.14. The second kappa shape index (κ2) is 4.61. The third-order valence-corrected chi connectivity index (χ3v) is 2.36. The van der Waals surface area contributed by atoms with Gasteiger partial charge >= 0.3 is 0 Å². The zero-order chi connectivity index (χ0) is 10.7. The fraction of sp³-hybridized carbons (Fsp3) is 0.300. The van der Waals surface area contributed by atoms with Crippen molar-refractivity contribution in [1.82, 2.24) is 14.7 Å². The summed E-state index contributed by atoms with van der Waals surface area (Å²) in [5.74, 6) is 0. The van der Waals surface area contributed by atoms with Crippen LogP contribution in [0, 0.1) is 0 Å². The van der Waals surface area contributed by atoms with E-state index in [1.807, 2.05) is 22.7 Å². The lowest BCUT2D eigenvalue weighted by atomic mass is 10.4. The summed E-state index contributed by atoms with van der Waals surface area (Å²) in [6, 6.07) is 3.69. The van der Waals surface area contributed by atoms with Crippen molar-refractivity contribution >= 4 is 17.2 Å². The van der Waals surface area contributed by atoms with Crippen LogP contribution < -0.4 is 5.32 Å². The van der Waals surface area contributed by atoms with E-state index in [2.05, 4.69) is 10.3 Å². The minimum atomic E-state index is 0.136. The highest BCUT2D eigenvalue weighted by molar-refractivity contribution is 6.30. The van der Waals surface area contributed by atoms with Crippen LogP contribution >= 0.6 is 11.6 Å². The summed E-state index contributed by atoms with van der Waals surface area (Å²) in [6.45, 7) is 1.38. The predicted octanol–water partition coefficient (Wildman–Crippen LogP) is 1.07. The molecule has 0 amide bonds. The smallest absolute Gasteiger partial charge is 0.137 e. The van der Waals surface area contributed by atoms with Gasteiger partial charge in [0.1, 0.15) is 5.65 Å². The maximum Gasteiger partial charge on any atom is 0.137 e. The molecular formula is C10H12ClN3O. The standard InChI is InChI=1S/C10H12ClN3O/c11-8-1-2-10-13-6-9(14(10)7-8)5-12-3-4-15/h1-2,6-7,12,15H,3-5H2. The zero-order valence-corrected chi connectivity index (χ0v) is 8.91. The number of imidazole rings is 1. The van der Waals surface area contributed by atoms with Gasteiger partial charge in [0.15, 0.2) is 0 Å². The first-order valence-corrected chi connectivity index (χ1v) is 5.12. The Balaban J connectivity index is 2.23. The minimum absolute atomic E-state index is 0.136. The maximum atomic E-state index is 8.65. The number of nitrogens with one attached hydrogen (secondary N) is 1. The summed E-state index contributed by atoms with van der Waals surface area (Å²) < 4.78 is 1.94. The summed E-state index contributed by atoms with van der Waals surface area (Å²) in [5, 5.41) is 12.4. The molecule has 5 heteroatoms. The maximum absolute atomic E-state index is 8.65. The Kier molecular flexibility index (Phi) is 3.20. The number of aromatic nitrogens is 2. The fourth-order valence-electron chi connectivity index (χ4n) is 1.43. The normalized spacial score (nSPS) is 11.1. The first kappa shape index (κ1) is 10.4. The van der Waals surface area contributed by atoms with Gasteiger partial charge < -0.3 is 14.8 Å². The summed E-state index contributed by atoms with van der Waals surface area (Å²) in [4.78, 5) is 4.24. The highest BCUT2D eigenvalue weighted by Crippen LogP contribution is 2.12. The van der Waals surface area contributed by atoms with Crippen LogP contribution in [-0.4, -0.2) is 27.6 Å². The zero-order valence-electron chi connectivity index (χ0n) is 8.15. The van der Waals surface area contributed by atoms with Crippen LogP contribution in [0.15, 0.2) is 24.5 Å². The van der Waals surface area contributed by atoms with Gasteiger partial charge in [-0.25, -0.2) is 4.98 Å². The molecule has 0 unspecified atom stereocenters. The molecule has 0 aliphatic heterocycles. The number of aliphatic hydroxyl groups excluding tert-OH is 1. The van der Waals surface area contributed by atoms with E-state index in [4.69, 9.17) is 16.7 Å². The molecule has 0 fully saturated rings. The van der Waals surface area contributed by atoms with Gasteiger partial charge in [0.2, 0.25) is 0 Å². The molecule has 2 aromatic rings. The molecule has 0 aliphatic carbocycles. The summed E-state index contributed by atoms with van der Waals surface area (Å²) >= 11 is 5.90. The molecule has 2 aromatic heterocycles. The molecule has 0 atom stereocenters. The second-order valence-corrected chi connectivity index (χ2v) is 3.66. The average molecular weight is 226 g/mol. The Hall–Kier alpha value is -1.10. The van der Waals surface area contributed by atoms with E-state index < -0.39 is 0 Å². The molecular weight excluding hydrogens is 214 g/mol. The number of halogens is 1. The van der Waals surface area contributed by atoms with Gasteiger partial charge in [0.25, 0.3) is 0 Å². The minimum Gasteiger partial charge on any atom is -0.395 e. The molecule has 2 N–H and O–H groups in total. The van der Waals surface area contributed by atoms with Crippen LogP contribution in [0.5, 0.6) is 0 Å². The lowest BCUT2D eigenvalue weighted by Crippen LogP contribution is -2.18. The number of hydrogen-bond donors (Lipinski definition) is 2. The molecule has 0 aromatic carbocycles. The molecule has 4 nitrogen and oxygen atoms in total. The van der Waals surface area contributed by atoms with Gasteiger partial charge in [0, 0.05) is 19.3 Å². The highest BCUT2D eigenvalue weighted by Gasteiger charge is 2.02. The third kappa shape index (κ3) is 2.28. The van der Waals surface area contributed by atoms with E-state index >= 15 is 0 Å². The topological polar surface area (TPSA) is 49.6 Å². The summed E-state index contributed by atoms with van der Waals surface area (Å²) in [6.07, 6.45) is 3.63. The number of aliphatic hydroxyl groups is 1. The Labute approximate surface area is 92.5 Å². The number of rotatable bonds is 4. The van der Waals surface area contributed by atoms with Crippen molar-refractivity contribution in [3.8, 4) is 0 Å². The quantitative estimate of drug-likeness (QED) is 0.766. The van der Waals surface area contributed by atoms with E-state index in [0.29, 0.717) is 18.1 Å². The molecule has 0 bridgehead atoms. The Morgan fingerprint density at radius 3 is 3.13 bits per heavy atom. The van der Waals surface area contributed by atoms with Crippen molar-refractivity contribution in [3.63, 3.8) is 0 Å². The van der Waals surface area contributed by atoms with Crippen LogP contribution in [0.1, 0.15) is 5.69 Å². The SMILES string of the molecule is OCCNCc1cnc2ccc(Cl)cn12. The molecule has 0 aliphatic rings. The van der Waals surface area contributed by atoms with Gasteiger partial charge in [-0.2, -0.15) is 0 Å². The molecule has 2 heterocycles. The van der Waals surface area contributed by atoms with E-state index in [0.717, 1.165) is 11.3 Å². The van der Waals surface area contributed by atoms with Crippen LogP contribution in [0.4, 0.5) is 0 Å². The molecule has 0 saturated heterocycles. The first-order valence-electron chi connectivity index (χ1n) is 4.74. The van der Waals surface area contributed by atoms with E-state index in [1.165, 1.54) is 0 Å². The van der Waals surface area contributed by atoms with Crippen molar-refractivity contribution < 1.29 is 5.11 Å². The molecule has 15 heavy (non-hydrogen) atoms. The molecule has 0 radical (unpaired) electrons. The monoisotopic (exact) mass is 225 g/mol. The second-order valence-electron chi connectivity index (χ2n) is 3.23. The summed E-state index contributed by atoms with van der Waals surface area (Å²) in [5.41, 5.74) is 1.90. The van der Waals surface area contributed by atoms with Crippen LogP contribution in [0.2, 0.25) is 5.02 Å². The van der Waals surface area contributed by atoms with E-state index in [9.17, 15) is 0 Å². The van der Waals surface area contributed by atoms with Gasteiger partial charge in [-0.1, -0.05) is 11.6 Å². The van der Waals surface area contributed by atoms with Gasteiger partial charge in [-0.3, -0.25) is 0 Å². The molecule has 0 spiro atoms. The Morgan fingerprint density at radius 1 is 1.47 bits per heavy atom. The van der Waals surface area contributed by atoms with E-state index in [-0.39, 0.29) is 6.61 Å². The number of pyridine rings is 1. The van der Waals surface area contributed by atoms with Gasteiger partial charge in [-0.05, 0) is 12.1 Å². The van der Waals surface area contributed by atoms with Crippen molar-refractivity contribution in [1.29, 1.82) is 0 Å². The van der Waals surface area contributed by atoms with Crippen molar-refractivity contribution in [2.75, 3.05) is 13.2 Å². The predicted molar refractivity (Wildman–Crippen MR) is 59.0 cm³/mol. The van der Waals surface area contributed by atoms with Crippen molar-refractivity contribution in [3.05, 3.63) is 35.2 Å². The van der Waals surface area contributed by atoms with Crippen LogP contribution in [-0.2, 0) is 6.54 Å². The lowest BCUT2D eigenvalue weighted by Gasteiger charge is -2.03. The molecule has 0 saturated carbocycles. The number of hydrogen-bond acceptors (Lipinski definition) is 3. The lowest BCUT2D eigenvalue weighted by molar-refractivity contribution is 0.291. The fourth-order valence-corrected chi connectivity index (χ4v) is 1.59. The number of nitrogens with zero attached hydrogens (tertiary/aromatic N) is 2. The highest BCUT2D eigenvalue weighted by atomic mass is 35.5. The van der Waals surface area contributed by atoms with E-state index in [1.54, 1.807) is 6.20 Å².